The molecule has 1 saturated heterocycles. The summed E-state index contributed by atoms with van der Waals surface area (Å²) in [5, 5.41) is 0. The van der Waals surface area contributed by atoms with Crippen molar-refractivity contribution < 1.29 is 9.53 Å². The number of carbonyl (C=O) groups is 1. The van der Waals surface area contributed by atoms with E-state index in [1.807, 2.05) is 68.5 Å². The molecule has 1 aliphatic heterocycles. The van der Waals surface area contributed by atoms with Gasteiger partial charge in [-0.25, -0.2) is 0 Å². The van der Waals surface area contributed by atoms with Crippen LogP contribution in [0.1, 0.15) is 22.0 Å². The van der Waals surface area contributed by atoms with Crippen molar-refractivity contribution in [2.75, 3.05) is 58.9 Å². The first-order valence-corrected chi connectivity index (χ1v) is 9.46. The number of nitrogens with zero attached hydrogens (tertiary/aromatic N) is 3. The molecule has 0 bridgehead atoms. The molecule has 5 heteroatoms. The number of likely N-dealkylation sites (N-methyl/N-ethyl adjacent to an activating group) is 2. The van der Waals surface area contributed by atoms with Crippen LogP contribution in [0, 0.1) is 0 Å². The third kappa shape index (κ3) is 4.67. The summed E-state index contributed by atoms with van der Waals surface area (Å²) in [5.41, 5.74) is 2.89. The second kappa shape index (κ2) is 9.02. The van der Waals surface area contributed by atoms with E-state index in [2.05, 4.69) is 21.9 Å². The zero-order valence-electron chi connectivity index (χ0n) is 16.5. The lowest BCUT2D eigenvalue weighted by molar-refractivity contribution is 0.0705. The molecule has 27 heavy (non-hydrogen) atoms. The van der Waals surface area contributed by atoms with Gasteiger partial charge in [0.2, 0.25) is 0 Å². The maximum atomic E-state index is 13.5. The van der Waals surface area contributed by atoms with Gasteiger partial charge in [-0.15, -0.1) is 0 Å². The van der Waals surface area contributed by atoms with Crippen LogP contribution in [0.3, 0.4) is 0 Å². The van der Waals surface area contributed by atoms with E-state index in [1.165, 1.54) is 0 Å². The minimum Gasteiger partial charge on any atom is -0.378 e. The Labute approximate surface area is 162 Å². The molecule has 1 fully saturated rings. The van der Waals surface area contributed by atoms with Crippen LogP contribution >= 0.6 is 0 Å². The molecule has 0 spiro atoms. The molecule has 1 amide bonds. The Bertz CT molecular complexity index is 742. The van der Waals surface area contributed by atoms with Crippen LogP contribution in [0.25, 0.3) is 0 Å². The zero-order chi connectivity index (χ0) is 19.2. The van der Waals surface area contributed by atoms with E-state index in [-0.39, 0.29) is 11.9 Å². The number of para-hydroxylation sites is 1. The molecule has 1 aliphatic rings. The minimum absolute atomic E-state index is 0.00792. The Kier molecular flexibility index (Phi) is 6.48. The van der Waals surface area contributed by atoms with Gasteiger partial charge < -0.3 is 19.4 Å². The van der Waals surface area contributed by atoms with Gasteiger partial charge in [-0.2, -0.15) is 0 Å². The Morgan fingerprint density at radius 2 is 1.63 bits per heavy atom. The normalized spacial score (nSPS) is 15.6. The summed E-state index contributed by atoms with van der Waals surface area (Å²) in [5.74, 6) is 0.0489. The van der Waals surface area contributed by atoms with E-state index in [1.54, 1.807) is 0 Å². The molecule has 0 N–H and O–H groups in total. The van der Waals surface area contributed by atoms with Gasteiger partial charge in [-0.05, 0) is 31.8 Å². The van der Waals surface area contributed by atoms with Gasteiger partial charge in [0.15, 0.2) is 0 Å². The van der Waals surface area contributed by atoms with E-state index < -0.39 is 0 Å². The highest BCUT2D eigenvalue weighted by atomic mass is 16.5. The summed E-state index contributed by atoms with van der Waals surface area (Å²) >= 11 is 0. The lowest BCUT2D eigenvalue weighted by Gasteiger charge is -2.34. The van der Waals surface area contributed by atoms with Gasteiger partial charge in [0.1, 0.15) is 0 Å². The van der Waals surface area contributed by atoms with Crippen molar-refractivity contribution >= 4 is 11.6 Å². The standard InChI is InChI=1S/C22H29N3O2/c1-23(2)17-21(18-9-5-4-6-10-18)24(3)22(26)19-11-7-8-12-20(19)25-13-15-27-16-14-25/h4-12,21H,13-17H2,1-3H3. The fourth-order valence-electron chi connectivity index (χ4n) is 3.54. The van der Waals surface area contributed by atoms with Crippen LogP contribution in [-0.2, 0) is 4.74 Å². The van der Waals surface area contributed by atoms with Crippen molar-refractivity contribution in [3.8, 4) is 0 Å². The Morgan fingerprint density at radius 1 is 1.00 bits per heavy atom. The average Bonchev–Trinajstić information content (AvgIpc) is 2.72. The fraction of sp³-hybridized carbons (Fsp3) is 0.409. The molecule has 1 heterocycles. The summed E-state index contributed by atoms with van der Waals surface area (Å²) < 4.78 is 5.47. The number of amides is 1. The molecular formula is C22H29N3O2. The van der Waals surface area contributed by atoms with Crippen molar-refractivity contribution in [2.45, 2.75) is 6.04 Å². The Balaban J connectivity index is 1.89. The van der Waals surface area contributed by atoms with Crippen molar-refractivity contribution in [2.24, 2.45) is 0 Å². The molecule has 0 radical (unpaired) electrons. The molecule has 0 saturated carbocycles. The largest absolute Gasteiger partial charge is 0.378 e. The summed E-state index contributed by atoms with van der Waals surface area (Å²) in [7, 11) is 5.98. The van der Waals surface area contributed by atoms with E-state index in [0.29, 0.717) is 13.2 Å². The number of benzene rings is 2. The van der Waals surface area contributed by atoms with Crippen molar-refractivity contribution in [3.63, 3.8) is 0 Å². The SMILES string of the molecule is CN(C)CC(c1ccccc1)N(C)C(=O)c1ccccc1N1CCOCC1. The maximum Gasteiger partial charge on any atom is 0.256 e. The number of hydrogen-bond donors (Lipinski definition) is 0. The number of rotatable bonds is 6. The first-order chi connectivity index (χ1) is 13.1. The lowest BCUT2D eigenvalue weighted by Crippen LogP contribution is -2.40. The predicted molar refractivity (Wildman–Crippen MR) is 109 cm³/mol. The average molecular weight is 367 g/mol. The van der Waals surface area contributed by atoms with E-state index in [4.69, 9.17) is 4.74 Å². The highest BCUT2D eigenvalue weighted by Crippen LogP contribution is 2.27. The molecule has 1 unspecified atom stereocenters. The number of hydrogen-bond acceptors (Lipinski definition) is 4. The number of carbonyl (C=O) groups excluding carboxylic acids is 1. The minimum atomic E-state index is -0.00792. The first kappa shape index (κ1) is 19.4. The van der Waals surface area contributed by atoms with Crippen LogP contribution in [0.4, 0.5) is 5.69 Å². The second-order valence-corrected chi connectivity index (χ2v) is 7.22. The lowest BCUT2D eigenvalue weighted by atomic mass is 10.0. The van der Waals surface area contributed by atoms with E-state index >= 15 is 0 Å². The molecule has 0 aliphatic carbocycles. The topological polar surface area (TPSA) is 36.0 Å². The molecule has 3 rings (SSSR count). The molecule has 0 aromatic heterocycles. The Morgan fingerprint density at radius 3 is 2.30 bits per heavy atom. The van der Waals surface area contributed by atoms with Gasteiger partial charge in [0.05, 0.1) is 24.8 Å². The smallest absolute Gasteiger partial charge is 0.256 e. The fourth-order valence-corrected chi connectivity index (χ4v) is 3.54. The van der Waals surface area contributed by atoms with Gasteiger partial charge in [0, 0.05) is 32.4 Å². The zero-order valence-corrected chi connectivity index (χ0v) is 16.5. The molecule has 5 nitrogen and oxygen atoms in total. The van der Waals surface area contributed by atoms with Crippen molar-refractivity contribution in [3.05, 3.63) is 65.7 Å². The van der Waals surface area contributed by atoms with Gasteiger partial charge in [-0.3, -0.25) is 4.79 Å². The number of ether oxygens (including phenoxy) is 1. The number of anilines is 1. The molecule has 1 atom stereocenters. The van der Waals surface area contributed by atoms with Crippen molar-refractivity contribution in [1.82, 2.24) is 9.80 Å². The number of morpholine rings is 1. The third-order valence-electron chi connectivity index (χ3n) is 5.00. The van der Waals surface area contributed by atoms with E-state index in [0.717, 1.165) is 36.4 Å². The highest BCUT2D eigenvalue weighted by molar-refractivity contribution is 6.00. The van der Waals surface area contributed by atoms with Gasteiger partial charge in [-0.1, -0.05) is 42.5 Å². The molecule has 144 valence electrons. The third-order valence-corrected chi connectivity index (χ3v) is 5.00. The maximum absolute atomic E-state index is 13.5. The summed E-state index contributed by atoms with van der Waals surface area (Å²) in [4.78, 5) is 19.7. The van der Waals surface area contributed by atoms with Gasteiger partial charge >= 0.3 is 0 Å². The van der Waals surface area contributed by atoms with Crippen LogP contribution in [0.15, 0.2) is 54.6 Å². The first-order valence-electron chi connectivity index (χ1n) is 9.46. The quantitative estimate of drug-likeness (QED) is 0.787. The summed E-state index contributed by atoms with van der Waals surface area (Å²) in [6.07, 6.45) is 0. The monoisotopic (exact) mass is 367 g/mol. The summed E-state index contributed by atoms with van der Waals surface area (Å²) in [6.45, 7) is 3.80. The van der Waals surface area contributed by atoms with Crippen LogP contribution < -0.4 is 4.90 Å². The molecule has 2 aromatic carbocycles. The van der Waals surface area contributed by atoms with Crippen LogP contribution in [0.2, 0.25) is 0 Å². The van der Waals surface area contributed by atoms with Crippen LogP contribution in [0.5, 0.6) is 0 Å². The molecular weight excluding hydrogens is 338 g/mol. The molecule has 2 aromatic rings. The van der Waals surface area contributed by atoms with Gasteiger partial charge in [0.25, 0.3) is 5.91 Å². The second-order valence-electron chi connectivity index (χ2n) is 7.22. The predicted octanol–water partition coefficient (Wildman–Crippen LogP) is 2.90. The van der Waals surface area contributed by atoms with Crippen molar-refractivity contribution in [1.29, 1.82) is 0 Å². The Hall–Kier alpha value is -2.37. The van der Waals surface area contributed by atoms with E-state index in [9.17, 15) is 4.79 Å². The summed E-state index contributed by atoms with van der Waals surface area (Å²) in [6, 6.07) is 18.1. The van der Waals surface area contributed by atoms with Crippen LogP contribution in [-0.4, -0.2) is 69.7 Å². The highest BCUT2D eigenvalue weighted by Gasteiger charge is 2.26.